The molecule has 1 aliphatic heterocycles. The van der Waals surface area contributed by atoms with Gasteiger partial charge in [-0.25, -0.2) is 8.42 Å². The summed E-state index contributed by atoms with van der Waals surface area (Å²) >= 11 is 0. The number of hydrogen-bond donors (Lipinski definition) is 1. The summed E-state index contributed by atoms with van der Waals surface area (Å²) in [5.74, 6) is -0.282. The van der Waals surface area contributed by atoms with Gasteiger partial charge in [-0.2, -0.15) is 4.31 Å². The highest BCUT2D eigenvalue weighted by Gasteiger charge is 2.28. The van der Waals surface area contributed by atoms with E-state index in [1.807, 2.05) is 42.5 Å². The second kappa shape index (κ2) is 8.95. The maximum absolute atomic E-state index is 13.1. The lowest BCUT2D eigenvalue weighted by Gasteiger charge is -2.35. The van der Waals surface area contributed by atoms with Gasteiger partial charge in [0.15, 0.2) is 0 Å². The van der Waals surface area contributed by atoms with Crippen molar-refractivity contribution < 1.29 is 23.1 Å². The van der Waals surface area contributed by atoms with E-state index in [1.165, 1.54) is 4.31 Å². The predicted octanol–water partition coefficient (Wildman–Crippen LogP) is 3.20. The Kier molecular flexibility index (Phi) is 6.11. The van der Waals surface area contributed by atoms with Gasteiger partial charge in [-0.05, 0) is 47.2 Å². The molecule has 0 unspecified atom stereocenters. The Morgan fingerprint density at radius 3 is 2.26 bits per heavy atom. The second-order valence-electron chi connectivity index (χ2n) is 7.39. The van der Waals surface area contributed by atoms with E-state index in [2.05, 4.69) is 4.90 Å². The molecule has 0 spiro atoms. The molecular formula is C23H24N2O5S. The van der Waals surface area contributed by atoms with Crippen molar-refractivity contribution in [2.75, 3.05) is 37.7 Å². The van der Waals surface area contributed by atoms with E-state index in [0.29, 0.717) is 36.8 Å². The van der Waals surface area contributed by atoms with Crippen molar-refractivity contribution >= 4 is 32.5 Å². The molecule has 0 radical (unpaired) electrons. The molecule has 0 aliphatic carbocycles. The molecule has 0 aromatic heterocycles. The molecule has 31 heavy (non-hydrogen) atoms. The van der Waals surface area contributed by atoms with Crippen LogP contribution < -0.4 is 9.64 Å². The average molecular weight is 441 g/mol. The number of nitrogens with zero attached hydrogens (tertiary/aromatic N) is 2. The Morgan fingerprint density at radius 2 is 1.58 bits per heavy atom. The third-order valence-corrected chi connectivity index (χ3v) is 7.28. The number of aliphatic carboxylic acids is 1. The molecular weight excluding hydrogens is 416 g/mol. The molecule has 1 N–H and O–H groups in total. The number of carboxylic acid groups (broad SMARTS) is 1. The van der Waals surface area contributed by atoms with Crippen molar-refractivity contribution in [1.82, 2.24) is 4.31 Å². The lowest BCUT2D eigenvalue weighted by molar-refractivity contribution is -0.137. The fourth-order valence-electron chi connectivity index (χ4n) is 3.67. The van der Waals surface area contributed by atoms with Crippen LogP contribution in [0.4, 0.5) is 5.69 Å². The lowest BCUT2D eigenvalue weighted by atomic mass is 10.1. The molecule has 1 heterocycles. The number of benzene rings is 3. The Balaban J connectivity index is 1.39. The molecule has 0 atom stereocenters. The monoisotopic (exact) mass is 440 g/mol. The van der Waals surface area contributed by atoms with Gasteiger partial charge in [0, 0.05) is 31.9 Å². The van der Waals surface area contributed by atoms with Crippen molar-refractivity contribution in [2.45, 2.75) is 11.3 Å². The van der Waals surface area contributed by atoms with Crippen LogP contribution in [0.5, 0.6) is 5.75 Å². The summed E-state index contributed by atoms with van der Waals surface area (Å²) < 4.78 is 33.2. The van der Waals surface area contributed by atoms with E-state index < -0.39 is 16.0 Å². The van der Waals surface area contributed by atoms with Crippen LogP contribution in [0.3, 0.4) is 0 Å². The highest BCUT2D eigenvalue weighted by atomic mass is 32.2. The largest absolute Gasteiger partial charge is 0.493 e. The number of hydrogen-bond acceptors (Lipinski definition) is 5. The normalized spacial score (nSPS) is 15.2. The third-order valence-electron chi connectivity index (χ3n) is 5.38. The van der Waals surface area contributed by atoms with Crippen molar-refractivity contribution in [2.24, 2.45) is 0 Å². The standard InChI is InChI=1S/C23H24N2O5S/c26-23(27)11-16-30-21-8-6-20(7-9-21)24-12-14-25(15-13-24)31(28,29)22-10-5-18-3-1-2-4-19(18)17-22/h1-10,17H,11-16H2,(H,26,27). The van der Waals surface area contributed by atoms with Crippen LogP contribution in [-0.4, -0.2) is 56.6 Å². The van der Waals surface area contributed by atoms with Crippen LogP contribution in [-0.2, 0) is 14.8 Å². The third kappa shape index (κ3) is 4.81. The van der Waals surface area contributed by atoms with Gasteiger partial charge in [-0.3, -0.25) is 4.79 Å². The molecule has 3 aromatic carbocycles. The van der Waals surface area contributed by atoms with E-state index in [0.717, 1.165) is 16.5 Å². The number of rotatable bonds is 7. The molecule has 1 fully saturated rings. The first kappa shape index (κ1) is 21.1. The Bertz CT molecular complexity index is 1170. The quantitative estimate of drug-likeness (QED) is 0.607. The summed E-state index contributed by atoms with van der Waals surface area (Å²) in [7, 11) is -3.54. The van der Waals surface area contributed by atoms with Gasteiger partial charge < -0.3 is 14.7 Å². The molecule has 7 nitrogen and oxygen atoms in total. The van der Waals surface area contributed by atoms with E-state index in [4.69, 9.17) is 9.84 Å². The minimum atomic E-state index is -3.54. The number of carbonyl (C=O) groups is 1. The topological polar surface area (TPSA) is 87.2 Å². The van der Waals surface area contributed by atoms with E-state index >= 15 is 0 Å². The van der Waals surface area contributed by atoms with Gasteiger partial charge in [0.1, 0.15) is 5.75 Å². The van der Waals surface area contributed by atoms with Crippen LogP contribution in [0.2, 0.25) is 0 Å². The summed E-state index contributed by atoms with van der Waals surface area (Å²) in [5, 5.41) is 10.6. The Labute approximate surface area is 181 Å². The SMILES string of the molecule is O=C(O)CCOc1ccc(N2CCN(S(=O)(=O)c3ccc4ccccc4c3)CC2)cc1. The summed E-state index contributed by atoms with van der Waals surface area (Å²) in [6.45, 7) is 2.12. The second-order valence-corrected chi connectivity index (χ2v) is 9.32. The molecule has 3 aromatic rings. The zero-order valence-electron chi connectivity index (χ0n) is 17.0. The Hall–Kier alpha value is -3.10. The van der Waals surface area contributed by atoms with Crippen molar-refractivity contribution in [3.8, 4) is 5.75 Å². The summed E-state index contributed by atoms with van der Waals surface area (Å²) in [6, 6.07) is 20.4. The molecule has 8 heteroatoms. The van der Waals surface area contributed by atoms with Gasteiger partial charge in [-0.1, -0.05) is 30.3 Å². The van der Waals surface area contributed by atoms with Gasteiger partial charge >= 0.3 is 5.97 Å². The number of sulfonamides is 1. The van der Waals surface area contributed by atoms with Gasteiger partial charge in [0.2, 0.25) is 10.0 Å². The fraction of sp³-hybridized carbons (Fsp3) is 0.261. The zero-order valence-corrected chi connectivity index (χ0v) is 17.8. The summed E-state index contributed by atoms with van der Waals surface area (Å²) in [5.41, 5.74) is 0.980. The van der Waals surface area contributed by atoms with Gasteiger partial charge in [-0.15, -0.1) is 0 Å². The maximum atomic E-state index is 13.1. The predicted molar refractivity (Wildman–Crippen MR) is 119 cm³/mol. The van der Waals surface area contributed by atoms with Crippen LogP contribution in [0, 0.1) is 0 Å². The molecule has 0 saturated carbocycles. The van der Waals surface area contributed by atoms with Crippen molar-refractivity contribution in [1.29, 1.82) is 0 Å². The summed E-state index contributed by atoms with van der Waals surface area (Å²) in [4.78, 5) is 13.0. The van der Waals surface area contributed by atoms with Crippen LogP contribution in [0.1, 0.15) is 6.42 Å². The summed E-state index contributed by atoms with van der Waals surface area (Å²) in [6.07, 6.45) is -0.0462. The highest BCUT2D eigenvalue weighted by Crippen LogP contribution is 2.25. The number of anilines is 1. The average Bonchev–Trinajstić information content (AvgIpc) is 2.79. The molecule has 0 bridgehead atoms. The van der Waals surface area contributed by atoms with Crippen molar-refractivity contribution in [3.63, 3.8) is 0 Å². The number of fused-ring (bicyclic) bond motifs is 1. The molecule has 162 valence electrons. The van der Waals surface area contributed by atoms with Crippen molar-refractivity contribution in [3.05, 3.63) is 66.7 Å². The molecule has 1 aliphatic rings. The molecule has 1 saturated heterocycles. The van der Waals surface area contributed by atoms with Gasteiger partial charge in [0.25, 0.3) is 0 Å². The number of carboxylic acids is 1. The van der Waals surface area contributed by atoms with E-state index in [1.54, 1.807) is 24.3 Å². The Morgan fingerprint density at radius 1 is 0.903 bits per heavy atom. The minimum absolute atomic E-state index is 0.0462. The molecule has 4 rings (SSSR count). The smallest absolute Gasteiger partial charge is 0.306 e. The highest BCUT2D eigenvalue weighted by molar-refractivity contribution is 7.89. The zero-order chi connectivity index (χ0) is 21.8. The van der Waals surface area contributed by atoms with Crippen LogP contribution >= 0.6 is 0 Å². The van der Waals surface area contributed by atoms with E-state index in [-0.39, 0.29) is 13.0 Å². The number of piperazine rings is 1. The molecule has 0 amide bonds. The number of ether oxygens (including phenoxy) is 1. The van der Waals surface area contributed by atoms with Gasteiger partial charge in [0.05, 0.1) is 17.9 Å². The first-order chi connectivity index (χ1) is 14.9. The van der Waals surface area contributed by atoms with Crippen LogP contribution in [0.25, 0.3) is 10.8 Å². The minimum Gasteiger partial charge on any atom is -0.493 e. The maximum Gasteiger partial charge on any atom is 0.306 e. The lowest BCUT2D eigenvalue weighted by Crippen LogP contribution is -2.48. The first-order valence-electron chi connectivity index (χ1n) is 10.1. The van der Waals surface area contributed by atoms with Crippen LogP contribution in [0.15, 0.2) is 71.6 Å². The fourth-order valence-corrected chi connectivity index (χ4v) is 5.13. The first-order valence-corrected chi connectivity index (χ1v) is 11.6. The van der Waals surface area contributed by atoms with E-state index in [9.17, 15) is 13.2 Å².